The lowest BCUT2D eigenvalue weighted by atomic mass is 10.0. The smallest absolute Gasteiger partial charge is 0.300 e. The molecule has 0 bridgehead atoms. The van der Waals surface area contributed by atoms with Crippen molar-refractivity contribution in [2.45, 2.75) is 6.42 Å². The lowest BCUT2D eigenvalue weighted by Crippen LogP contribution is -2.37. The summed E-state index contributed by atoms with van der Waals surface area (Å²) in [5, 5.41) is 0.00361. The summed E-state index contributed by atoms with van der Waals surface area (Å²) in [4.78, 5) is 36.9. The zero-order chi connectivity index (χ0) is 15.1. The third kappa shape index (κ3) is 2.24. The Bertz CT molecular complexity index is 655. The Hall–Kier alpha value is -1.79. The summed E-state index contributed by atoms with van der Waals surface area (Å²) in [6.07, 6.45) is 0.569. The van der Waals surface area contributed by atoms with Crippen molar-refractivity contribution in [3.63, 3.8) is 0 Å². The second-order valence-corrected chi connectivity index (χ2v) is 5.41. The lowest BCUT2D eigenvalue weighted by molar-refractivity contribution is -0.123. The fourth-order valence-electron chi connectivity index (χ4n) is 2.58. The molecule has 1 unspecified atom stereocenters. The van der Waals surface area contributed by atoms with E-state index in [-0.39, 0.29) is 34.5 Å². The molecule has 0 spiro atoms. The molecule has 3 rings (SSSR count). The minimum Gasteiger partial charge on any atom is -0.381 e. The first-order valence-electron chi connectivity index (χ1n) is 6.45. The summed E-state index contributed by atoms with van der Waals surface area (Å²) in [7, 11) is 0. The lowest BCUT2D eigenvalue weighted by Gasteiger charge is -2.18. The fourth-order valence-corrected chi connectivity index (χ4v) is 2.81. The number of ether oxygens (including phenoxy) is 1. The van der Waals surface area contributed by atoms with E-state index in [9.17, 15) is 18.8 Å². The minimum absolute atomic E-state index is 0.00361. The van der Waals surface area contributed by atoms with Crippen LogP contribution in [0.4, 0.5) is 10.1 Å². The van der Waals surface area contributed by atoms with Crippen molar-refractivity contribution in [1.29, 1.82) is 0 Å². The highest BCUT2D eigenvalue weighted by Crippen LogP contribution is 2.36. The Labute approximate surface area is 124 Å². The highest BCUT2D eigenvalue weighted by Gasteiger charge is 2.41. The van der Waals surface area contributed by atoms with Gasteiger partial charge in [-0.1, -0.05) is 11.6 Å². The zero-order valence-corrected chi connectivity index (χ0v) is 11.7. The van der Waals surface area contributed by atoms with Crippen LogP contribution in [0.3, 0.4) is 0 Å². The maximum absolute atomic E-state index is 14.0. The number of halogens is 2. The monoisotopic (exact) mass is 311 g/mol. The number of hydrogen-bond acceptors (Lipinski definition) is 4. The number of carbonyl (C=O) groups is 3. The largest absolute Gasteiger partial charge is 0.381 e. The number of benzene rings is 1. The first-order valence-corrected chi connectivity index (χ1v) is 6.83. The second kappa shape index (κ2) is 5.20. The van der Waals surface area contributed by atoms with E-state index in [4.69, 9.17) is 16.3 Å². The van der Waals surface area contributed by atoms with Crippen LogP contribution in [-0.2, 0) is 14.3 Å². The molecular formula is C14H11ClFNO4. The Morgan fingerprint density at radius 1 is 1.43 bits per heavy atom. The van der Waals surface area contributed by atoms with Gasteiger partial charge in [-0.25, -0.2) is 4.39 Å². The van der Waals surface area contributed by atoms with E-state index in [1.165, 1.54) is 6.07 Å². The van der Waals surface area contributed by atoms with Crippen molar-refractivity contribution in [3.05, 3.63) is 28.5 Å². The molecule has 0 saturated carbocycles. The normalized spacial score (nSPS) is 21.0. The molecule has 0 aromatic heterocycles. The van der Waals surface area contributed by atoms with Crippen LogP contribution in [0, 0.1) is 11.7 Å². The summed E-state index contributed by atoms with van der Waals surface area (Å²) in [5.41, 5.74) is -0.373. The number of fused-ring (bicyclic) bond motifs is 1. The number of hydrogen-bond donors (Lipinski definition) is 0. The van der Waals surface area contributed by atoms with Crippen molar-refractivity contribution in [1.82, 2.24) is 0 Å². The number of rotatable bonds is 3. The molecule has 2 heterocycles. The van der Waals surface area contributed by atoms with Gasteiger partial charge in [0.2, 0.25) is 0 Å². The van der Waals surface area contributed by atoms with Crippen LogP contribution >= 0.6 is 11.6 Å². The maximum Gasteiger partial charge on any atom is 0.300 e. The van der Waals surface area contributed by atoms with Crippen molar-refractivity contribution in [3.8, 4) is 0 Å². The Morgan fingerprint density at radius 2 is 2.19 bits per heavy atom. The van der Waals surface area contributed by atoms with Crippen LogP contribution in [0.5, 0.6) is 0 Å². The first-order chi connectivity index (χ1) is 10.0. The van der Waals surface area contributed by atoms with Gasteiger partial charge >= 0.3 is 0 Å². The number of carbonyl (C=O) groups excluding carboxylic acids is 3. The average Bonchev–Trinajstić information content (AvgIpc) is 3.06. The van der Waals surface area contributed by atoms with Crippen molar-refractivity contribution >= 4 is 34.8 Å². The van der Waals surface area contributed by atoms with Gasteiger partial charge in [0.1, 0.15) is 5.82 Å². The number of Topliss-reactive ketones (excluding diaryl/α,β-unsaturated/α-hetero) is 2. The van der Waals surface area contributed by atoms with Gasteiger partial charge in [0.25, 0.3) is 11.7 Å². The summed E-state index contributed by atoms with van der Waals surface area (Å²) in [5.74, 6) is -3.13. The summed E-state index contributed by atoms with van der Waals surface area (Å²) in [6.45, 7) is 0.433. The standard InChI is InChI=1S/C14H11ClFNO4/c15-8-1-2-9(16)12-11(8)13(19)14(20)17(12)5-10(18)7-3-4-21-6-7/h1-2,7H,3-6H2. The minimum atomic E-state index is -0.927. The van der Waals surface area contributed by atoms with E-state index in [1.807, 2.05) is 0 Å². The van der Waals surface area contributed by atoms with Crippen LogP contribution in [0.1, 0.15) is 16.8 Å². The SMILES string of the molecule is O=C1C(=O)N(CC(=O)C2CCOC2)c2c(F)ccc(Cl)c21. The molecule has 1 aromatic rings. The molecule has 2 aliphatic heterocycles. The van der Waals surface area contributed by atoms with Gasteiger partial charge in [0.05, 0.1) is 29.4 Å². The third-order valence-electron chi connectivity index (χ3n) is 3.71. The molecule has 2 aliphatic rings. The fraction of sp³-hybridized carbons (Fsp3) is 0.357. The van der Waals surface area contributed by atoms with E-state index >= 15 is 0 Å². The van der Waals surface area contributed by atoms with Gasteiger partial charge < -0.3 is 4.74 Å². The number of nitrogens with zero attached hydrogens (tertiary/aromatic N) is 1. The second-order valence-electron chi connectivity index (χ2n) is 5.00. The Balaban J connectivity index is 1.94. The van der Waals surface area contributed by atoms with Crippen LogP contribution in [0.15, 0.2) is 12.1 Å². The quantitative estimate of drug-likeness (QED) is 0.796. The molecule has 5 nitrogen and oxygen atoms in total. The molecule has 0 N–H and O–H groups in total. The Morgan fingerprint density at radius 3 is 2.86 bits per heavy atom. The third-order valence-corrected chi connectivity index (χ3v) is 4.03. The van der Waals surface area contributed by atoms with E-state index in [1.54, 1.807) is 0 Å². The zero-order valence-electron chi connectivity index (χ0n) is 10.9. The van der Waals surface area contributed by atoms with E-state index in [2.05, 4.69) is 0 Å². The van der Waals surface area contributed by atoms with Crippen LogP contribution in [-0.4, -0.2) is 37.2 Å². The average molecular weight is 312 g/mol. The molecule has 21 heavy (non-hydrogen) atoms. The predicted molar refractivity (Wildman–Crippen MR) is 72.0 cm³/mol. The molecule has 1 aromatic carbocycles. The molecule has 1 saturated heterocycles. The molecular weight excluding hydrogens is 301 g/mol. The number of ketones is 2. The van der Waals surface area contributed by atoms with Crippen LogP contribution in [0.25, 0.3) is 0 Å². The van der Waals surface area contributed by atoms with E-state index in [0.717, 1.165) is 11.0 Å². The van der Waals surface area contributed by atoms with E-state index < -0.39 is 17.5 Å². The van der Waals surface area contributed by atoms with Gasteiger partial charge in [0.15, 0.2) is 5.78 Å². The van der Waals surface area contributed by atoms with Crippen molar-refractivity contribution in [2.75, 3.05) is 24.7 Å². The first kappa shape index (κ1) is 14.2. The molecule has 7 heteroatoms. The summed E-state index contributed by atoms with van der Waals surface area (Å²) in [6, 6.07) is 2.29. The highest BCUT2D eigenvalue weighted by atomic mass is 35.5. The number of amides is 1. The Kier molecular flexibility index (Phi) is 3.51. The van der Waals surface area contributed by atoms with Gasteiger partial charge in [-0.15, -0.1) is 0 Å². The summed E-state index contributed by atoms with van der Waals surface area (Å²) < 4.78 is 19.1. The van der Waals surface area contributed by atoms with Gasteiger partial charge in [-0.2, -0.15) is 0 Å². The maximum atomic E-state index is 14.0. The van der Waals surface area contributed by atoms with Crippen LogP contribution < -0.4 is 4.90 Å². The van der Waals surface area contributed by atoms with Gasteiger partial charge in [0, 0.05) is 12.5 Å². The molecule has 1 amide bonds. The van der Waals surface area contributed by atoms with Gasteiger partial charge in [-0.3, -0.25) is 19.3 Å². The molecule has 0 radical (unpaired) electrons. The summed E-state index contributed by atoms with van der Waals surface area (Å²) >= 11 is 5.86. The van der Waals surface area contributed by atoms with E-state index in [0.29, 0.717) is 19.6 Å². The molecule has 1 fully saturated rings. The highest BCUT2D eigenvalue weighted by molar-refractivity contribution is 6.55. The van der Waals surface area contributed by atoms with Crippen LogP contribution in [0.2, 0.25) is 5.02 Å². The molecule has 1 atom stereocenters. The van der Waals surface area contributed by atoms with Crippen molar-refractivity contribution < 1.29 is 23.5 Å². The van der Waals surface area contributed by atoms with Gasteiger partial charge in [-0.05, 0) is 18.6 Å². The van der Waals surface area contributed by atoms with Crippen molar-refractivity contribution in [2.24, 2.45) is 5.92 Å². The number of anilines is 1. The molecule has 110 valence electrons. The topological polar surface area (TPSA) is 63.7 Å². The molecule has 0 aliphatic carbocycles. The predicted octanol–water partition coefficient (Wildman–Crippen LogP) is 1.61.